The lowest BCUT2D eigenvalue weighted by Gasteiger charge is -2.13. The van der Waals surface area contributed by atoms with Crippen molar-refractivity contribution in [3.05, 3.63) is 29.8 Å². The Balaban J connectivity index is 2.00. The number of carboxylic acids is 1. The summed E-state index contributed by atoms with van der Waals surface area (Å²) in [6.07, 6.45) is -0.0634. The van der Waals surface area contributed by atoms with E-state index in [0.29, 0.717) is 5.75 Å². The van der Waals surface area contributed by atoms with E-state index in [2.05, 4.69) is 5.32 Å². The van der Waals surface area contributed by atoms with Gasteiger partial charge < -0.3 is 15.2 Å². The van der Waals surface area contributed by atoms with Crippen molar-refractivity contribution >= 4 is 17.9 Å². The molecule has 1 heterocycles. The van der Waals surface area contributed by atoms with Crippen LogP contribution in [0.4, 0.5) is 4.79 Å². The molecule has 1 fully saturated rings. The average Bonchev–Trinajstić information content (AvgIpc) is 2.73. The lowest BCUT2D eigenvalue weighted by atomic mass is 10.1. The Morgan fingerprint density at radius 2 is 2.00 bits per heavy atom. The molecule has 0 spiro atoms. The van der Waals surface area contributed by atoms with Crippen molar-refractivity contribution in [1.29, 1.82) is 0 Å². The van der Waals surface area contributed by atoms with Crippen LogP contribution in [0.1, 0.15) is 18.4 Å². The summed E-state index contributed by atoms with van der Waals surface area (Å²) in [4.78, 5) is 35.5. The van der Waals surface area contributed by atoms with Gasteiger partial charge in [0.05, 0.1) is 13.7 Å². The molecule has 7 nitrogen and oxygen atoms in total. The number of carbonyl (C=O) groups excluding carboxylic acids is 2. The molecule has 21 heavy (non-hydrogen) atoms. The minimum atomic E-state index is -0.995. The van der Waals surface area contributed by atoms with E-state index in [0.717, 1.165) is 10.5 Å². The van der Waals surface area contributed by atoms with Gasteiger partial charge in [-0.05, 0) is 24.1 Å². The van der Waals surface area contributed by atoms with Gasteiger partial charge in [-0.3, -0.25) is 14.5 Å². The number of amides is 3. The SMILES string of the molecule is COc1ccc(CN2C(=O)N[C@H](CCC(=O)O)C2=O)cc1. The van der Waals surface area contributed by atoms with Crippen molar-refractivity contribution in [3.63, 3.8) is 0 Å². The maximum absolute atomic E-state index is 12.1. The van der Waals surface area contributed by atoms with Gasteiger partial charge in [-0.1, -0.05) is 12.1 Å². The standard InChI is InChI=1S/C14H16N2O5/c1-21-10-4-2-9(3-5-10)8-16-13(19)11(15-14(16)20)6-7-12(17)18/h2-5,11H,6-8H2,1H3,(H,15,20)(H,17,18)/t11-/m1/s1. The summed E-state index contributed by atoms with van der Waals surface area (Å²) in [5, 5.41) is 11.1. The summed E-state index contributed by atoms with van der Waals surface area (Å²) in [6, 6.07) is 5.78. The predicted molar refractivity (Wildman–Crippen MR) is 72.7 cm³/mol. The Bertz CT molecular complexity index is 555. The Kier molecular flexibility index (Phi) is 4.42. The number of urea groups is 1. The third-order valence-electron chi connectivity index (χ3n) is 3.25. The highest BCUT2D eigenvalue weighted by atomic mass is 16.5. The van der Waals surface area contributed by atoms with E-state index >= 15 is 0 Å². The fourth-order valence-electron chi connectivity index (χ4n) is 2.10. The zero-order valence-electron chi connectivity index (χ0n) is 11.5. The summed E-state index contributed by atoms with van der Waals surface area (Å²) >= 11 is 0. The van der Waals surface area contributed by atoms with Crippen molar-refractivity contribution in [1.82, 2.24) is 10.2 Å². The number of imide groups is 1. The van der Waals surface area contributed by atoms with Crippen molar-refractivity contribution in [3.8, 4) is 5.75 Å². The maximum Gasteiger partial charge on any atom is 0.325 e. The predicted octanol–water partition coefficient (Wildman–Crippen LogP) is 0.980. The molecular weight excluding hydrogens is 276 g/mol. The second-order valence-electron chi connectivity index (χ2n) is 4.71. The lowest BCUT2D eigenvalue weighted by molar-refractivity contribution is -0.137. The number of carboxylic acid groups (broad SMARTS) is 1. The number of aliphatic carboxylic acids is 1. The first kappa shape index (κ1) is 14.8. The second kappa shape index (κ2) is 6.25. The number of ether oxygens (including phenoxy) is 1. The molecule has 0 aromatic heterocycles. The molecule has 1 aromatic rings. The van der Waals surface area contributed by atoms with Crippen LogP contribution in [0.25, 0.3) is 0 Å². The number of methoxy groups -OCH3 is 1. The third-order valence-corrected chi connectivity index (χ3v) is 3.25. The molecule has 7 heteroatoms. The van der Waals surface area contributed by atoms with Gasteiger partial charge in [0.15, 0.2) is 0 Å². The summed E-state index contributed by atoms with van der Waals surface area (Å²) in [6.45, 7) is 0.151. The largest absolute Gasteiger partial charge is 0.497 e. The van der Waals surface area contributed by atoms with Crippen LogP contribution in [0.5, 0.6) is 5.75 Å². The molecule has 2 rings (SSSR count). The molecule has 0 saturated carbocycles. The highest BCUT2D eigenvalue weighted by Gasteiger charge is 2.37. The van der Waals surface area contributed by atoms with Crippen LogP contribution in [-0.4, -0.2) is 41.1 Å². The first-order valence-corrected chi connectivity index (χ1v) is 6.48. The van der Waals surface area contributed by atoms with E-state index in [1.165, 1.54) is 0 Å². The van der Waals surface area contributed by atoms with Crippen LogP contribution >= 0.6 is 0 Å². The second-order valence-corrected chi connectivity index (χ2v) is 4.71. The van der Waals surface area contributed by atoms with Crippen molar-refractivity contribution in [2.75, 3.05) is 7.11 Å². The molecule has 0 radical (unpaired) electrons. The number of rotatable bonds is 6. The summed E-state index contributed by atoms with van der Waals surface area (Å²) < 4.78 is 5.04. The number of hydrogen-bond donors (Lipinski definition) is 2. The minimum absolute atomic E-state index is 0.0962. The topological polar surface area (TPSA) is 95.9 Å². The zero-order chi connectivity index (χ0) is 15.4. The van der Waals surface area contributed by atoms with E-state index < -0.39 is 23.9 Å². The van der Waals surface area contributed by atoms with E-state index in [1.807, 2.05) is 0 Å². The number of nitrogens with one attached hydrogen (secondary N) is 1. The summed E-state index contributed by atoms with van der Waals surface area (Å²) in [5.74, 6) is -0.696. The van der Waals surface area contributed by atoms with E-state index in [1.54, 1.807) is 31.4 Å². The Morgan fingerprint density at radius 3 is 2.57 bits per heavy atom. The number of carbonyl (C=O) groups is 3. The van der Waals surface area contributed by atoms with Crippen LogP contribution in [0.15, 0.2) is 24.3 Å². The zero-order valence-corrected chi connectivity index (χ0v) is 11.5. The van der Waals surface area contributed by atoms with Gasteiger partial charge in [-0.15, -0.1) is 0 Å². The highest BCUT2D eigenvalue weighted by molar-refractivity contribution is 6.04. The monoisotopic (exact) mass is 292 g/mol. The van der Waals surface area contributed by atoms with Crippen LogP contribution in [-0.2, 0) is 16.1 Å². The van der Waals surface area contributed by atoms with Gasteiger partial charge in [0.1, 0.15) is 11.8 Å². The molecular formula is C14H16N2O5. The number of benzene rings is 1. The van der Waals surface area contributed by atoms with Gasteiger partial charge in [0, 0.05) is 6.42 Å². The van der Waals surface area contributed by atoms with Crippen LogP contribution < -0.4 is 10.1 Å². The maximum atomic E-state index is 12.1. The normalized spacial score (nSPS) is 17.8. The average molecular weight is 292 g/mol. The van der Waals surface area contributed by atoms with Gasteiger partial charge in [-0.2, -0.15) is 0 Å². The molecule has 0 aliphatic carbocycles. The molecule has 2 N–H and O–H groups in total. The number of nitrogens with zero attached hydrogens (tertiary/aromatic N) is 1. The summed E-state index contributed by atoms with van der Waals surface area (Å²) in [5.41, 5.74) is 0.790. The molecule has 1 aromatic carbocycles. The highest BCUT2D eigenvalue weighted by Crippen LogP contribution is 2.17. The minimum Gasteiger partial charge on any atom is -0.497 e. The quantitative estimate of drug-likeness (QED) is 0.762. The lowest BCUT2D eigenvalue weighted by Crippen LogP contribution is -2.31. The van der Waals surface area contributed by atoms with Crippen molar-refractivity contribution < 1.29 is 24.2 Å². The Hall–Kier alpha value is -2.57. The molecule has 1 atom stereocenters. The van der Waals surface area contributed by atoms with Crippen LogP contribution in [0.2, 0.25) is 0 Å². The molecule has 1 aliphatic heterocycles. The van der Waals surface area contributed by atoms with Crippen molar-refractivity contribution in [2.45, 2.75) is 25.4 Å². The van der Waals surface area contributed by atoms with Crippen LogP contribution in [0.3, 0.4) is 0 Å². The van der Waals surface area contributed by atoms with E-state index in [9.17, 15) is 14.4 Å². The molecule has 1 saturated heterocycles. The van der Waals surface area contributed by atoms with Gasteiger partial charge in [0.25, 0.3) is 5.91 Å². The van der Waals surface area contributed by atoms with Crippen LogP contribution in [0, 0.1) is 0 Å². The fraction of sp³-hybridized carbons (Fsp3) is 0.357. The van der Waals surface area contributed by atoms with Gasteiger partial charge >= 0.3 is 12.0 Å². The Labute approximate surface area is 121 Å². The van der Waals surface area contributed by atoms with Gasteiger partial charge in [-0.25, -0.2) is 4.79 Å². The summed E-state index contributed by atoms with van der Waals surface area (Å²) in [7, 11) is 1.56. The fourth-order valence-corrected chi connectivity index (χ4v) is 2.10. The number of hydrogen-bond acceptors (Lipinski definition) is 4. The molecule has 112 valence electrons. The smallest absolute Gasteiger partial charge is 0.325 e. The first-order chi connectivity index (χ1) is 10.0. The van der Waals surface area contributed by atoms with E-state index in [-0.39, 0.29) is 19.4 Å². The molecule has 0 unspecified atom stereocenters. The van der Waals surface area contributed by atoms with E-state index in [4.69, 9.17) is 9.84 Å². The Morgan fingerprint density at radius 1 is 1.33 bits per heavy atom. The molecule has 3 amide bonds. The first-order valence-electron chi connectivity index (χ1n) is 6.48. The molecule has 0 bridgehead atoms. The van der Waals surface area contributed by atoms with Gasteiger partial charge in [0.2, 0.25) is 0 Å². The molecule has 1 aliphatic rings. The van der Waals surface area contributed by atoms with Crippen molar-refractivity contribution in [2.24, 2.45) is 0 Å². The third kappa shape index (κ3) is 3.50.